The molecule has 0 aliphatic carbocycles. The lowest BCUT2D eigenvalue weighted by molar-refractivity contribution is -0.145. The number of carboxylic acids is 2. The summed E-state index contributed by atoms with van der Waals surface area (Å²) in [7, 11) is 0. The average Bonchev–Trinajstić information content (AvgIpc) is 2.07. The third-order valence-electron chi connectivity index (χ3n) is 2.80. The van der Waals surface area contributed by atoms with Gasteiger partial charge in [-0.3, -0.25) is 9.59 Å². The third kappa shape index (κ3) is 2.45. The van der Waals surface area contributed by atoms with E-state index in [9.17, 15) is 9.59 Å². The number of hydrogen-bond acceptors (Lipinski definition) is 3. The summed E-state index contributed by atoms with van der Waals surface area (Å²) in [6.07, 6.45) is 0.757. The van der Waals surface area contributed by atoms with Crippen molar-refractivity contribution in [3.63, 3.8) is 0 Å². The molecule has 0 unspecified atom stereocenters. The van der Waals surface area contributed by atoms with Crippen LogP contribution in [0.15, 0.2) is 0 Å². The van der Waals surface area contributed by atoms with E-state index in [2.05, 4.69) is 5.32 Å². The summed E-state index contributed by atoms with van der Waals surface area (Å²) in [6, 6.07) is -0.713. The smallest absolute Gasteiger partial charge is 0.321 e. The Bertz CT molecular complexity index is 241. The van der Waals surface area contributed by atoms with Gasteiger partial charge in [0.2, 0.25) is 0 Å². The van der Waals surface area contributed by atoms with Gasteiger partial charge in [0.15, 0.2) is 0 Å². The van der Waals surface area contributed by atoms with Gasteiger partial charge in [-0.25, -0.2) is 0 Å². The molecule has 80 valence electrons. The van der Waals surface area contributed by atoms with E-state index in [1.54, 1.807) is 0 Å². The molecule has 5 nitrogen and oxygen atoms in total. The molecule has 5 heteroatoms. The van der Waals surface area contributed by atoms with Crippen molar-refractivity contribution < 1.29 is 19.8 Å². The molecule has 1 heterocycles. The van der Waals surface area contributed by atoms with Crippen LogP contribution < -0.4 is 5.32 Å². The lowest BCUT2D eigenvalue weighted by atomic mass is 9.80. The normalized spacial score (nSPS) is 32.5. The van der Waals surface area contributed by atoms with E-state index in [0.29, 0.717) is 6.54 Å². The summed E-state index contributed by atoms with van der Waals surface area (Å²) >= 11 is 0. The molecule has 1 rings (SSSR count). The summed E-state index contributed by atoms with van der Waals surface area (Å²) in [6.45, 7) is 2.55. The first-order valence-corrected chi connectivity index (χ1v) is 4.70. The molecular weight excluding hydrogens is 186 g/mol. The molecular formula is C9H15NO4. The van der Waals surface area contributed by atoms with E-state index in [1.165, 1.54) is 0 Å². The van der Waals surface area contributed by atoms with Gasteiger partial charge < -0.3 is 15.5 Å². The minimum absolute atomic E-state index is 0.0782. The van der Waals surface area contributed by atoms with Gasteiger partial charge in [-0.05, 0) is 24.8 Å². The topological polar surface area (TPSA) is 86.6 Å². The zero-order chi connectivity index (χ0) is 10.7. The largest absolute Gasteiger partial charge is 0.481 e. The Morgan fingerprint density at radius 3 is 2.57 bits per heavy atom. The first-order valence-electron chi connectivity index (χ1n) is 4.70. The van der Waals surface area contributed by atoms with Crippen molar-refractivity contribution in [2.24, 2.45) is 11.8 Å². The number of piperidine rings is 1. The van der Waals surface area contributed by atoms with Gasteiger partial charge in [0.25, 0.3) is 0 Å². The predicted molar refractivity (Wildman–Crippen MR) is 49.0 cm³/mol. The Labute approximate surface area is 82.1 Å². The molecule has 1 aliphatic heterocycles. The predicted octanol–water partition coefficient (Wildman–Crippen LogP) is 0.160. The molecule has 3 atom stereocenters. The molecule has 0 amide bonds. The Hall–Kier alpha value is -1.10. The fraction of sp³-hybridized carbons (Fsp3) is 0.778. The summed E-state index contributed by atoms with van der Waals surface area (Å²) < 4.78 is 0. The quantitative estimate of drug-likeness (QED) is 0.605. The molecule has 1 saturated heterocycles. The van der Waals surface area contributed by atoms with Crippen LogP contribution in [0.4, 0.5) is 0 Å². The third-order valence-corrected chi connectivity index (χ3v) is 2.80. The summed E-state index contributed by atoms with van der Waals surface area (Å²) in [5, 5.41) is 20.4. The van der Waals surface area contributed by atoms with Gasteiger partial charge in [-0.1, -0.05) is 6.92 Å². The maximum Gasteiger partial charge on any atom is 0.321 e. The van der Waals surface area contributed by atoms with Crippen LogP contribution in [0.3, 0.4) is 0 Å². The minimum Gasteiger partial charge on any atom is -0.481 e. The van der Waals surface area contributed by atoms with Crippen molar-refractivity contribution in [1.82, 2.24) is 5.32 Å². The lowest BCUT2D eigenvalue weighted by Gasteiger charge is -2.33. The molecule has 1 fully saturated rings. The van der Waals surface area contributed by atoms with Gasteiger partial charge in [0.05, 0.1) is 6.42 Å². The van der Waals surface area contributed by atoms with Crippen molar-refractivity contribution in [2.45, 2.75) is 25.8 Å². The Kier molecular flexibility index (Phi) is 3.46. The standard InChI is InChI=1S/C9H15NO4/c1-5-2-3-10-8(9(13)14)6(5)4-7(11)12/h5-6,8,10H,2-4H2,1H3,(H,11,12)(H,13,14)/t5-,6-,8-/m0/s1. The molecule has 0 spiro atoms. The molecule has 0 saturated carbocycles. The van der Waals surface area contributed by atoms with Crippen LogP contribution in [0.25, 0.3) is 0 Å². The first kappa shape index (κ1) is 11.0. The van der Waals surface area contributed by atoms with E-state index in [1.807, 2.05) is 6.92 Å². The number of aliphatic carboxylic acids is 2. The molecule has 1 aliphatic rings. The number of carbonyl (C=O) groups is 2. The van der Waals surface area contributed by atoms with Crippen molar-refractivity contribution in [3.8, 4) is 0 Å². The minimum atomic E-state index is -0.956. The van der Waals surface area contributed by atoms with Crippen LogP contribution in [-0.2, 0) is 9.59 Å². The Morgan fingerprint density at radius 1 is 1.43 bits per heavy atom. The summed E-state index contributed by atoms with van der Waals surface area (Å²) in [4.78, 5) is 21.4. The molecule has 14 heavy (non-hydrogen) atoms. The fourth-order valence-electron chi connectivity index (χ4n) is 1.95. The lowest BCUT2D eigenvalue weighted by Crippen LogP contribution is -2.50. The summed E-state index contributed by atoms with van der Waals surface area (Å²) in [5.41, 5.74) is 0. The van der Waals surface area contributed by atoms with Crippen molar-refractivity contribution in [2.75, 3.05) is 6.54 Å². The second kappa shape index (κ2) is 4.41. The van der Waals surface area contributed by atoms with E-state index in [0.717, 1.165) is 6.42 Å². The van der Waals surface area contributed by atoms with Crippen LogP contribution in [-0.4, -0.2) is 34.7 Å². The van der Waals surface area contributed by atoms with Gasteiger partial charge in [-0.2, -0.15) is 0 Å². The second-order valence-electron chi connectivity index (χ2n) is 3.80. The highest BCUT2D eigenvalue weighted by molar-refractivity contribution is 5.76. The van der Waals surface area contributed by atoms with E-state index in [4.69, 9.17) is 10.2 Å². The van der Waals surface area contributed by atoms with Gasteiger partial charge in [0.1, 0.15) is 6.04 Å². The van der Waals surface area contributed by atoms with Crippen molar-refractivity contribution in [3.05, 3.63) is 0 Å². The number of carboxylic acid groups (broad SMARTS) is 2. The number of hydrogen-bond donors (Lipinski definition) is 3. The molecule has 0 aromatic carbocycles. The van der Waals surface area contributed by atoms with Crippen LogP contribution >= 0.6 is 0 Å². The molecule has 0 aromatic heterocycles. The van der Waals surface area contributed by atoms with Crippen LogP contribution in [0.1, 0.15) is 19.8 Å². The van der Waals surface area contributed by atoms with Gasteiger partial charge >= 0.3 is 11.9 Å². The zero-order valence-corrected chi connectivity index (χ0v) is 8.06. The SMILES string of the molecule is C[C@H]1CCN[C@H](C(=O)O)[C@H]1CC(=O)O. The molecule has 3 N–H and O–H groups in total. The second-order valence-corrected chi connectivity index (χ2v) is 3.80. The molecule has 0 bridgehead atoms. The Balaban J connectivity index is 2.70. The van der Waals surface area contributed by atoms with Crippen LogP contribution in [0.2, 0.25) is 0 Å². The van der Waals surface area contributed by atoms with Gasteiger partial charge in [0, 0.05) is 0 Å². The van der Waals surface area contributed by atoms with E-state index >= 15 is 0 Å². The van der Waals surface area contributed by atoms with E-state index < -0.39 is 18.0 Å². The van der Waals surface area contributed by atoms with Gasteiger partial charge in [-0.15, -0.1) is 0 Å². The highest BCUT2D eigenvalue weighted by Gasteiger charge is 2.36. The first-order chi connectivity index (χ1) is 6.52. The average molecular weight is 201 g/mol. The zero-order valence-electron chi connectivity index (χ0n) is 8.06. The molecule has 0 radical (unpaired) electrons. The summed E-state index contributed by atoms with van der Waals surface area (Å²) in [5.74, 6) is -2.05. The monoisotopic (exact) mass is 201 g/mol. The molecule has 0 aromatic rings. The number of nitrogens with one attached hydrogen (secondary N) is 1. The van der Waals surface area contributed by atoms with Crippen molar-refractivity contribution >= 4 is 11.9 Å². The van der Waals surface area contributed by atoms with Crippen molar-refractivity contribution in [1.29, 1.82) is 0 Å². The van der Waals surface area contributed by atoms with Crippen LogP contribution in [0.5, 0.6) is 0 Å². The van der Waals surface area contributed by atoms with E-state index in [-0.39, 0.29) is 18.3 Å². The maximum absolute atomic E-state index is 10.8. The highest BCUT2D eigenvalue weighted by atomic mass is 16.4. The van der Waals surface area contributed by atoms with Crippen LogP contribution in [0, 0.1) is 11.8 Å². The number of rotatable bonds is 3. The Morgan fingerprint density at radius 2 is 2.07 bits per heavy atom. The fourth-order valence-corrected chi connectivity index (χ4v) is 1.95. The highest BCUT2D eigenvalue weighted by Crippen LogP contribution is 2.26. The maximum atomic E-state index is 10.8.